The highest BCUT2D eigenvalue weighted by Gasteiger charge is 2.35. The fourth-order valence-corrected chi connectivity index (χ4v) is 1.42. The van der Waals surface area contributed by atoms with E-state index in [0.717, 1.165) is 17.1 Å². The standard InChI is InChI=1S/C9H7FN2O2/c1-11-12-8(13)6-3-2-5(10)4-7(6)9(12)14/h2-4,11H,1H3. The number of carbonyl (C=O) groups is 2. The summed E-state index contributed by atoms with van der Waals surface area (Å²) in [7, 11) is 1.46. The molecule has 1 aromatic carbocycles. The van der Waals surface area contributed by atoms with Crippen LogP contribution in [0.1, 0.15) is 20.7 Å². The van der Waals surface area contributed by atoms with E-state index in [1.165, 1.54) is 13.1 Å². The Balaban J connectivity index is 2.58. The second-order valence-corrected chi connectivity index (χ2v) is 2.86. The lowest BCUT2D eigenvalue weighted by Gasteiger charge is -2.09. The highest BCUT2D eigenvalue weighted by atomic mass is 19.1. The van der Waals surface area contributed by atoms with E-state index < -0.39 is 17.6 Å². The van der Waals surface area contributed by atoms with E-state index in [-0.39, 0.29) is 11.1 Å². The van der Waals surface area contributed by atoms with E-state index in [2.05, 4.69) is 5.43 Å². The Morgan fingerprint density at radius 2 is 1.86 bits per heavy atom. The number of imide groups is 1. The van der Waals surface area contributed by atoms with Gasteiger partial charge in [-0.15, -0.1) is 0 Å². The highest BCUT2D eigenvalue weighted by molar-refractivity contribution is 6.20. The van der Waals surface area contributed by atoms with Crippen LogP contribution < -0.4 is 5.43 Å². The molecular weight excluding hydrogens is 187 g/mol. The summed E-state index contributed by atoms with van der Waals surface area (Å²) in [6.45, 7) is 0. The van der Waals surface area contributed by atoms with E-state index in [1.807, 2.05) is 0 Å². The molecule has 0 saturated carbocycles. The Morgan fingerprint density at radius 3 is 2.50 bits per heavy atom. The number of fused-ring (bicyclic) bond motifs is 1. The molecule has 1 N–H and O–H groups in total. The molecule has 2 amide bonds. The molecule has 4 nitrogen and oxygen atoms in total. The average Bonchev–Trinajstić information content (AvgIpc) is 2.39. The molecule has 14 heavy (non-hydrogen) atoms. The molecule has 1 heterocycles. The predicted molar refractivity (Wildman–Crippen MR) is 46.0 cm³/mol. The molecule has 0 saturated heterocycles. The van der Waals surface area contributed by atoms with Crippen molar-refractivity contribution in [2.24, 2.45) is 0 Å². The zero-order valence-corrected chi connectivity index (χ0v) is 7.37. The number of hydrazine groups is 1. The number of nitrogens with one attached hydrogen (secondary N) is 1. The van der Waals surface area contributed by atoms with Gasteiger partial charge in [0, 0.05) is 7.05 Å². The van der Waals surface area contributed by atoms with Crippen molar-refractivity contribution >= 4 is 11.8 Å². The summed E-state index contributed by atoms with van der Waals surface area (Å²) >= 11 is 0. The molecule has 1 aromatic rings. The van der Waals surface area contributed by atoms with Crippen LogP contribution in [0.25, 0.3) is 0 Å². The quantitative estimate of drug-likeness (QED) is 0.664. The smallest absolute Gasteiger partial charge is 0.267 e. The van der Waals surface area contributed by atoms with E-state index in [1.54, 1.807) is 0 Å². The number of nitrogens with zero attached hydrogens (tertiary/aromatic N) is 1. The van der Waals surface area contributed by atoms with E-state index in [4.69, 9.17) is 0 Å². The normalized spacial score (nSPS) is 14.9. The lowest BCUT2D eigenvalue weighted by atomic mass is 10.1. The Hall–Kier alpha value is -1.75. The molecule has 5 heteroatoms. The van der Waals surface area contributed by atoms with E-state index in [9.17, 15) is 14.0 Å². The summed E-state index contributed by atoms with van der Waals surface area (Å²) in [6.07, 6.45) is 0. The van der Waals surface area contributed by atoms with Crippen molar-refractivity contribution in [2.75, 3.05) is 7.05 Å². The SMILES string of the molecule is CNN1C(=O)c2ccc(F)cc2C1=O. The maximum Gasteiger partial charge on any atom is 0.276 e. The first-order valence-electron chi connectivity index (χ1n) is 4.01. The van der Waals surface area contributed by atoms with Crippen molar-refractivity contribution in [1.82, 2.24) is 10.4 Å². The molecule has 0 unspecified atom stereocenters. The van der Waals surface area contributed by atoms with Crippen LogP contribution in [0.5, 0.6) is 0 Å². The topological polar surface area (TPSA) is 49.4 Å². The van der Waals surface area contributed by atoms with Crippen LogP contribution in [0, 0.1) is 5.82 Å². The zero-order chi connectivity index (χ0) is 10.3. The van der Waals surface area contributed by atoms with Gasteiger partial charge in [0.05, 0.1) is 11.1 Å². The number of halogens is 1. The number of benzene rings is 1. The molecule has 0 fully saturated rings. The largest absolute Gasteiger partial charge is 0.276 e. The van der Waals surface area contributed by atoms with Crippen LogP contribution >= 0.6 is 0 Å². The van der Waals surface area contributed by atoms with Crippen molar-refractivity contribution < 1.29 is 14.0 Å². The minimum atomic E-state index is -0.525. The molecule has 72 valence electrons. The number of rotatable bonds is 1. The second kappa shape index (κ2) is 2.88. The Labute approximate surface area is 79.3 Å². The van der Waals surface area contributed by atoms with E-state index >= 15 is 0 Å². The van der Waals surface area contributed by atoms with Crippen LogP contribution in [-0.4, -0.2) is 23.9 Å². The van der Waals surface area contributed by atoms with Gasteiger partial charge in [-0.25, -0.2) is 14.8 Å². The van der Waals surface area contributed by atoms with Gasteiger partial charge in [0.15, 0.2) is 0 Å². The summed E-state index contributed by atoms with van der Waals surface area (Å²) in [5.74, 6) is -1.50. The highest BCUT2D eigenvalue weighted by Crippen LogP contribution is 2.21. The molecular formula is C9H7FN2O2. The monoisotopic (exact) mass is 194 g/mol. The van der Waals surface area contributed by atoms with Gasteiger partial charge in [0.25, 0.3) is 11.8 Å². The lowest BCUT2D eigenvalue weighted by molar-refractivity contribution is 0.0586. The number of hydrogen-bond donors (Lipinski definition) is 1. The van der Waals surface area contributed by atoms with Crippen LogP contribution in [0.2, 0.25) is 0 Å². The van der Waals surface area contributed by atoms with Crippen LogP contribution in [-0.2, 0) is 0 Å². The van der Waals surface area contributed by atoms with Gasteiger partial charge in [0.2, 0.25) is 0 Å². The van der Waals surface area contributed by atoms with Crippen molar-refractivity contribution in [3.63, 3.8) is 0 Å². The molecule has 1 aliphatic rings. The zero-order valence-electron chi connectivity index (χ0n) is 7.37. The fraction of sp³-hybridized carbons (Fsp3) is 0.111. The first-order valence-corrected chi connectivity index (χ1v) is 4.01. The molecule has 2 rings (SSSR count). The Morgan fingerprint density at radius 1 is 1.21 bits per heavy atom. The predicted octanol–water partition coefficient (Wildman–Crippen LogP) is 0.556. The third-order valence-corrected chi connectivity index (χ3v) is 2.07. The maximum atomic E-state index is 12.8. The lowest BCUT2D eigenvalue weighted by Crippen LogP contribution is -2.39. The summed E-state index contributed by atoms with van der Waals surface area (Å²) in [4.78, 5) is 22.9. The maximum absolute atomic E-state index is 12.8. The molecule has 0 aliphatic carbocycles. The summed E-state index contributed by atoms with van der Waals surface area (Å²) < 4.78 is 12.8. The van der Waals surface area contributed by atoms with E-state index in [0.29, 0.717) is 0 Å². The summed E-state index contributed by atoms with van der Waals surface area (Å²) in [5, 5.41) is 0.851. The van der Waals surface area contributed by atoms with Crippen LogP contribution in [0.3, 0.4) is 0 Å². The van der Waals surface area contributed by atoms with Crippen LogP contribution in [0.15, 0.2) is 18.2 Å². The van der Waals surface area contributed by atoms with Crippen molar-refractivity contribution in [3.05, 3.63) is 35.1 Å². The van der Waals surface area contributed by atoms with Gasteiger partial charge in [-0.2, -0.15) is 0 Å². The first kappa shape index (κ1) is 8.83. The minimum absolute atomic E-state index is 0.101. The first-order chi connectivity index (χ1) is 6.65. The third kappa shape index (κ3) is 1.03. The van der Waals surface area contributed by atoms with Crippen molar-refractivity contribution in [3.8, 4) is 0 Å². The van der Waals surface area contributed by atoms with Crippen LogP contribution in [0.4, 0.5) is 4.39 Å². The third-order valence-electron chi connectivity index (χ3n) is 2.07. The summed E-state index contributed by atoms with van der Waals surface area (Å²) in [6, 6.07) is 3.53. The van der Waals surface area contributed by atoms with Gasteiger partial charge in [-0.05, 0) is 18.2 Å². The molecule has 0 radical (unpaired) electrons. The molecule has 0 spiro atoms. The number of carbonyl (C=O) groups excluding carboxylic acids is 2. The molecule has 0 atom stereocenters. The van der Waals surface area contributed by atoms with Crippen molar-refractivity contribution in [2.45, 2.75) is 0 Å². The minimum Gasteiger partial charge on any atom is -0.267 e. The van der Waals surface area contributed by atoms with Crippen molar-refractivity contribution in [1.29, 1.82) is 0 Å². The number of amides is 2. The molecule has 0 bridgehead atoms. The summed E-state index contributed by atoms with van der Waals surface area (Å²) in [5.41, 5.74) is 2.77. The van der Waals surface area contributed by atoms with Gasteiger partial charge in [-0.3, -0.25) is 9.59 Å². The Bertz CT molecular complexity index is 431. The Kier molecular flexibility index (Phi) is 1.82. The van der Waals surface area contributed by atoms with Gasteiger partial charge in [0.1, 0.15) is 5.82 Å². The fourth-order valence-electron chi connectivity index (χ4n) is 1.42. The number of hydrogen-bond acceptors (Lipinski definition) is 3. The average molecular weight is 194 g/mol. The molecule has 0 aromatic heterocycles. The molecule has 1 aliphatic heterocycles. The van der Waals surface area contributed by atoms with Gasteiger partial charge in [-0.1, -0.05) is 0 Å². The van der Waals surface area contributed by atoms with Gasteiger partial charge < -0.3 is 0 Å². The van der Waals surface area contributed by atoms with Gasteiger partial charge >= 0.3 is 0 Å². The second-order valence-electron chi connectivity index (χ2n) is 2.86.